The number of nitrogens with zero attached hydrogens (tertiary/aromatic N) is 1. The fraction of sp³-hybridized carbons (Fsp3) is 0.130. The summed E-state index contributed by atoms with van der Waals surface area (Å²) in [5.74, 6) is -0.127. The Balaban J connectivity index is 1.38. The van der Waals surface area contributed by atoms with Gasteiger partial charge in [-0.05, 0) is 71.8 Å². The van der Waals surface area contributed by atoms with Gasteiger partial charge in [-0.3, -0.25) is 9.59 Å². The van der Waals surface area contributed by atoms with Crippen LogP contribution < -0.4 is 10.6 Å². The first-order valence-electron chi connectivity index (χ1n) is 9.58. The van der Waals surface area contributed by atoms with E-state index in [1.165, 1.54) is 16.9 Å². The molecule has 0 saturated carbocycles. The van der Waals surface area contributed by atoms with E-state index in [1.807, 2.05) is 42.1 Å². The van der Waals surface area contributed by atoms with Gasteiger partial charge in [-0.15, -0.1) is 22.7 Å². The molecule has 3 aromatic heterocycles. The van der Waals surface area contributed by atoms with Crippen LogP contribution in [0.25, 0.3) is 0 Å². The van der Waals surface area contributed by atoms with E-state index in [-0.39, 0.29) is 11.7 Å². The van der Waals surface area contributed by atoms with Gasteiger partial charge in [0.1, 0.15) is 6.04 Å². The number of fused-ring (bicyclic) bond motifs is 2. The SMILES string of the molecule is Cc1ccsc1C(=O)Nc1ccc(C(=O)C2Nc3sccc3Cn3cccc32)cc1. The van der Waals surface area contributed by atoms with Gasteiger partial charge in [0.2, 0.25) is 0 Å². The van der Waals surface area contributed by atoms with Crippen molar-refractivity contribution in [3.63, 3.8) is 0 Å². The van der Waals surface area contributed by atoms with Gasteiger partial charge in [-0.2, -0.15) is 0 Å². The number of hydrogen-bond acceptors (Lipinski definition) is 5. The van der Waals surface area contributed by atoms with Crippen LogP contribution in [0.3, 0.4) is 0 Å². The number of benzene rings is 1. The molecule has 4 aromatic rings. The van der Waals surface area contributed by atoms with Gasteiger partial charge < -0.3 is 15.2 Å². The fourth-order valence-electron chi connectivity index (χ4n) is 3.69. The maximum Gasteiger partial charge on any atom is 0.265 e. The number of aromatic nitrogens is 1. The minimum Gasteiger partial charge on any atom is -0.362 e. The second kappa shape index (κ2) is 7.59. The number of anilines is 2. The van der Waals surface area contributed by atoms with Crippen molar-refractivity contribution in [2.24, 2.45) is 0 Å². The van der Waals surface area contributed by atoms with E-state index in [0.717, 1.165) is 22.8 Å². The van der Waals surface area contributed by atoms with Crippen molar-refractivity contribution in [1.82, 2.24) is 4.57 Å². The molecule has 30 heavy (non-hydrogen) atoms. The quantitative estimate of drug-likeness (QED) is 0.414. The van der Waals surface area contributed by atoms with Crippen LogP contribution in [0.15, 0.2) is 65.5 Å². The van der Waals surface area contributed by atoms with Gasteiger partial charge in [0.05, 0.1) is 16.4 Å². The van der Waals surface area contributed by atoms with Gasteiger partial charge in [0.15, 0.2) is 5.78 Å². The lowest BCUT2D eigenvalue weighted by atomic mass is 10.0. The summed E-state index contributed by atoms with van der Waals surface area (Å²) in [7, 11) is 0. The minimum atomic E-state index is -0.450. The molecule has 0 fully saturated rings. The zero-order chi connectivity index (χ0) is 20.7. The third kappa shape index (κ3) is 3.36. The van der Waals surface area contributed by atoms with Crippen molar-refractivity contribution in [3.05, 3.63) is 92.7 Å². The summed E-state index contributed by atoms with van der Waals surface area (Å²) in [5.41, 5.74) is 4.37. The highest BCUT2D eigenvalue weighted by atomic mass is 32.1. The number of amides is 1. The Labute approximate surface area is 182 Å². The summed E-state index contributed by atoms with van der Waals surface area (Å²) in [5, 5.41) is 11.3. The average Bonchev–Trinajstić information content (AvgIpc) is 3.47. The predicted octanol–water partition coefficient (Wildman–Crippen LogP) is 5.57. The van der Waals surface area contributed by atoms with Gasteiger partial charge in [0, 0.05) is 28.7 Å². The van der Waals surface area contributed by atoms with Crippen LogP contribution in [-0.2, 0) is 6.54 Å². The molecule has 0 saturated heterocycles. The number of thiophene rings is 2. The van der Waals surface area contributed by atoms with E-state index >= 15 is 0 Å². The van der Waals surface area contributed by atoms with Crippen LogP contribution >= 0.6 is 22.7 Å². The van der Waals surface area contributed by atoms with Crippen molar-refractivity contribution >= 4 is 45.1 Å². The maximum atomic E-state index is 13.4. The largest absolute Gasteiger partial charge is 0.362 e. The van der Waals surface area contributed by atoms with Crippen molar-refractivity contribution in [2.45, 2.75) is 19.5 Å². The number of ketones is 1. The molecular weight excluding hydrogens is 414 g/mol. The highest BCUT2D eigenvalue weighted by molar-refractivity contribution is 7.14. The molecule has 2 N–H and O–H groups in total. The van der Waals surface area contributed by atoms with Gasteiger partial charge in [0.25, 0.3) is 5.91 Å². The number of rotatable bonds is 4. The van der Waals surface area contributed by atoms with Crippen LogP contribution in [0.5, 0.6) is 0 Å². The molecule has 1 amide bonds. The normalized spacial score (nSPS) is 14.9. The first-order valence-corrected chi connectivity index (χ1v) is 11.3. The fourth-order valence-corrected chi connectivity index (χ4v) is 5.34. The Morgan fingerprint density at radius 1 is 1.07 bits per heavy atom. The molecule has 5 nitrogen and oxygen atoms in total. The summed E-state index contributed by atoms with van der Waals surface area (Å²) in [6.07, 6.45) is 2.01. The predicted molar refractivity (Wildman–Crippen MR) is 122 cm³/mol. The molecule has 0 spiro atoms. The Morgan fingerprint density at radius 2 is 1.87 bits per heavy atom. The third-order valence-electron chi connectivity index (χ3n) is 5.28. The second-order valence-corrected chi connectivity index (χ2v) is 9.07. The first-order chi connectivity index (χ1) is 14.6. The highest BCUT2D eigenvalue weighted by Crippen LogP contribution is 2.34. The molecule has 1 aliphatic rings. The van der Waals surface area contributed by atoms with Gasteiger partial charge in [-0.1, -0.05) is 0 Å². The molecular formula is C23H19N3O2S2. The van der Waals surface area contributed by atoms with Crippen LogP contribution in [0.1, 0.15) is 42.9 Å². The van der Waals surface area contributed by atoms with Gasteiger partial charge >= 0.3 is 0 Å². The molecule has 1 unspecified atom stereocenters. The number of hydrogen-bond donors (Lipinski definition) is 2. The number of nitrogens with one attached hydrogen (secondary N) is 2. The standard InChI is InChI=1S/C23H19N3O2S2/c1-14-8-11-29-21(14)22(28)24-17-6-4-15(5-7-17)20(27)19-18-3-2-10-26(18)13-16-9-12-30-23(16)25-19/h2-12,19,25H,13H2,1H3,(H,24,28). The van der Waals surface area contributed by atoms with Crippen molar-refractivity contribution in [2.75, 3.05) is 10.6 Å². The van der Waals surface area contributed by atoms with Crippen LogP contribution in [0, 0.1) is 6.92 Å². The maximum absolute atomic E-state index is 13.4. The van der Waals surface area contributed by atoms with E-state index in [1.54, 1.807) is 35.6 Å². The summed E-state index contributed by atoms with van der Waals surface area (Å²) in [4.78, 5) is 26.5. The molecule has 0 aliphatic carbocycles. The lowest BCUT2D eigenvalue weighted by Crippen LogP contribution is -2.22. The Hall–Kier alpha value is -3.16. The van der Waals surface area contributed by atoms with E-state index in [4.69, 9.17) is 0 Å². The zero-order valence-corrected chi connectivity index (χ0v) is 17.8. The molecule has 1 atom stereocenters. The molecule has 4 heterocycles. The molecule has 0 radical (unpaired) electrons. The number of aryl methyl sites for hydroxylation is 1. The molecule has 7 heteroatoms. The number of Topliss-reactive ketones (excluding diaryl/α,β-unsaturated/α-hetero) is 1. The van der Waals surface area contributed by atoms with Crippen molar-refractivity contribution < 1.29 is 9.59 Å². The van der Waals surface area contributed by atoms with E-state index < -0.39 is 6.04 Å². The molecule has 1 aromatic carbocycles. The van der Waals surface area contributed by atoms with E-state index in [2.05, 4.69) is 21.3 Å². The van der Waals surface area contributed by atoms with Crippen LogP contribution in [-0.4, -0.2) is 16.3 Å². The van der Waals surface area contributed by atoms with Crippen molar-refractivity contribution in [3.8, 4) is 0 Å². The summed E-state index contributed by atoms with van der Waals surface area (Å²) >= 11 is 3.03. The van der Waals surface area contributed by atoms with Gasteiger partial charge in [-0.25, -0.2) is 0 Å². The van der Waals surface area contributed by atoms with E-state index in [0.29, 0.717) is 16.1 Å². The van der Waals surface area contributed by atoms with Crippen molar-refractivity contribution in [1.29, 1.82) is 0 Å². The van der Waals surface area contributed by atoms with Crippen LogP contribution in [0.4, 0.5) is 10.7 Å². The number of carbonyl (C=O) groups is 2. The molecule has 5 rings (SSSR count). The Kier molecular flexibility index (Phi) is 4.77. The summed E-state index contributed by atoms with van der Waals surface area (Å²) in [6, 6.07) is 14.6. The summed E-state index contributed by atoms with van der Waals surface area (Å²) in [6.45, 7) is 2.67. The second-order valence-electron chi connectivity index (χ2n) is 7.24. The Bertz CT molecular complexity index is 1230. The highest BCUT2D eigenvalue weighted by Gasteiger charge is 2.28. The lowest BCUT2D eigenvalue weighted by Gasteiger charge is -2.17. The first kappa shape index (κ1) is 18.8. The smallest absolute Gasteiger partial charge is 0.265 e. The Morgan fingerprint density at radius 3 is 2.63 bits per heavy atom. The minimum absolute atomic E-state index is 0.00294. The average molecular weight is 434 g/mol. The third-order valence-corrected chi connectivity index (χ3v) is 7.18. The molecule has 150 valence electrons. The number of carbonyl (C=O) groups excluding carboxylic acids is 2. The van der Waals surface area contributed by atoms with Crippen LogP contribution in [0.2, 0.25) is 0 Å². The monoisotopic (exact) mass is 433 g/mol. The zero-order valence-electron chi connectivity index (χ0n) is 16.2. The lowest BCUT2D eigenvalue weighted by molar-refractivity contribution is 0.0966. The van der Waals surface area contributed by atoms with E-state index in [9.17, 15) is 9.59 Å². The molecule has 0 bridgehead atoms. The molecule has 1 aliphatic heterocycles. The summed E-state index contributed by atoms with van der Waals surface area (Å²) < 4.78 is 2.12. The topological polar surface area (TPSA) is 63.1 Å².